The molecular weight excluding hydrogens is 270 g/mol. The second-order valence-corrected chi connectivity index (χ2v) is 4.40. The number of nitriles is 1. The molecule has 0 aliphatic carbocycles. The van der Waals surface area contributed by atoms with E-state index in [1.54, 1.807) is 24.2 Å². The number of halogens is 1. The second kappa shape index (κ2) is 4.99. The first kappa shape index (κ1) is 12.5. The number of hydrogen-bond donors (Lipinski definition) is 1. The van der Waals surface area contributed by atoms with E-state index in [1.807, 2.05) is 20.2 Å². The van der Waals surface area contributed by atoms with Gasteiger partial charge in [-0.3, -0.25) is 0 Å². The minimum absolute atomic E-state index is 0.0837. The van der Waals surface area contributed by atoms with Gasteiger partial charge in [-0.2, -0.15) is 5.26 Å². The number of benzene rings is 1. The second-order valence-electron chi connectivity index (χ2n) is 3.55. The summed E-state index contributed by atoms with van der Waals surface area (Å²) in [5.74, 6) is 0.0837. The molecule has 1 rings (SSSR count). The first-order chi connectivity index (χ1) is 7.47. The molecular formula is C11H12BrN3O. The van der Waals surface area contributed by atoms with Gasteiger partial charge >= 0.3 is 0 Å². The van der Waals surface area contributed by atoms with Gasteiger partial charge in [-0.1, -0.05) is 0 Å². The Balaban J connectivity index is 3.35. The van der Waals surface area contributed by atoms with E-state index in [9.17, 15) is 5.11 Å². The van der Waals surface area contributed by atoms with Gasteiger partial charge in [-0.05, 0) is 28.9 Å². The number of phenols is 1. The average molecular weight is 282 g/mol. The van der Waals surface area contributed by atoms with Crippen LogP contribution in [-0.2, 0) is 0 Å². The van der Waals surface area contributed by atoms with Crippen LogP contribution < -0.4 is 0 Å². The van der Waals surface area contributed by atoms with Crippen molar-refractivity contribution in [3.05, 3.63) is 21.7 Å². The Morgan fingerprint density at radius 3 is 2.69 bits per heavy atom. The molecule has 0 radical (unpaired) electrons. The summed E-state index contributed by atoms with van der Waals surface area (Å²) in [4.78, 5) is 5.95. The van der Waals surface area contributed by atoms with Gasteiger partial charge in [0.05, 0.1) is 22.1 Å². The van der Waals surface area contributed by atoms with Crippen LogP contribution in [0.25, 0.3) is 0 Å². The third-order valence-electron chi connectivity index (χ3n) is 2.02. The Morgan fingerprint density at radius 1 is 1.56 bits per heavy atom. The summed E-state index contributed by atoms with van der Waals surface area (Å²) in [6, 6.07) is 3.67. The minimum Gasteiger partial charge on any atom is -0.506 e. The molecule has 0 unspecified atom stereocenters. The SMILES string of the molecule is Cc1c(O)c(Br)cc(/N=C/N(C)C)c1C#N. The largest absolute Gasteiger partial charge is 0.506 e. The molecule has 0 amide bonds. The van der Waals surface area contributed by atoms with Crippen LogP contribution >= 0.6 is 15.9 Å². The molecule has 84 valence electrons. The third kappa shape index (κ3) is 2.52. The van der Waals surface area contributed by atoms with Crippen LogP contribution in [0.1, 0.15) is 11.1 Å². The Morgan fingerprint density at radius 2 is 2.19 bits per heavy atom. The topological polar surface area (TPSA) is 59.6 Å². The van der Waals surface area contributed by atoms with Crippen molar-refractivity contribution >= 4 is 28.0 Å². The lowest BCUT2D eigenvalue weighted by Crippen LogP contribution is -2.07. The fraction of sp³-hybridized carbons (Fsp3) is 0.273. The van der Waals surface area contributed by atoms with Gasteiger partial charge in [-0.15, -0.1) is 0 Å². The van der Waals surface area contributed by atoms with Crippen molar-refractivity contribution in [2.24, 2.45) is 4.99 Å². The minimum atomic E-state index is 0.0837. The van der Waals surface area contributed by atoms with Crippen molar-refractivity contribution in [1.82, 2.24) is 4.90 Å². The molecule has 1 aromatic carbocycles. The molecule has 0 heterocycles. The molecule has 0 spiro atoms. The Labute approximate surface area is 103 Å². The van der Waals surface area contributed by atoms with Crippen molar-refractivity contribution in [2.75, 3.05) is 14.1 Å². The lowest BCUT2D eigenvalue weighted by molar-refractivity contribution is 0.467. The van der Waals surface area contributed by atoms with Crippen LogP contribution in [0.3, 0.4) is 0 Å². The van der Waals surface area contributed by atoms with E-state index < -0.39 is 0 Å². The Kier molecular flexibility index (Phi) is 3.91. The molecule has 0 aliphatic rings. The van der Waals surface area contributed by atoms with Gasteiger partial charge in [0.15, 0.2) is 0 Å². The molecule has 0 saturated heterocycles. The normalized spacial score (nSPS) is 10.4. The molecule has 4 nitrogen and oxygen atoms in total. The van der Waals surface area contributed by atoms with E-state index in [0.29, 0.717) is 21.3 Å². The highest BCUT2D eigenvalue weighted by Crippen LogP contribution is 2.35. The third-order valence-corrected chi connectivity index (χ3v) is 2.62. The summed E-state index contributed by atoms with van der Waals surface area (Å²) in [7, 11) is 3.69. The van der Waals surface area contributed by atoms with Crippen LogP contribution in [-0.4, -0.2) is 30.4 Å². The Hall–Kier alpha value is -1.54. The predicted octanol–water partition coefficient (Wildman–Crippen LogP) is 2.56. The quantitative estimate of drug-likeness (QED) is 0.670. The number of nitrogens with zero attached hydrogens (tertiary/aromatic N) is 3. The van der Waals surface area contributed by atoms with Gasteiger partial charge in [0, 0.05) is 19.7 Å². The molecule has 1 aromatic rings. The summed E-state index contributed by atoms with van der Waals surface area (Å²) in [5, 5.41) is 18.7. The molecule has 0 saturated carbocycles. The van der Waals surface area contributed by atoms with Gasteiger partial charge in [0.1, 0.15) is 11.8 Å². The van der Waals surface area contributed by atoms with E-state index >= 15 is 0 Å². The summed E-state index contributed by atoms with van der Waals surface area (Å²) >= 11 is 3.22. The summed E-state index contributed by atoms with van der Waals surface area (Å²) in [6.07, 6.45) is 1.61. The fourth-order valence-electron chi connectivity index (χ4n) is 1.17. The Bertz CT molecular complexity index is 475. The highest BCUT2D eigenvalue weighted by molar-refractivity contribution is 9.10. The van der Waals surface area contributed by atoms with Crippen LogP contribution in [0.2, 0.25) is 0 Å². The standard InChI is InChI=1S/C11H12BrN3O/c1-7-8(5-13)10(14-6-15(2)3)4-9(12)11(7)16/h4,6,16H,1-3H3/b14-6+. The lowest BCUT2D eigenvalue weighted by Gasteiger charge is -2.08. The first-order valence-corrected chi connectivity index (χ1v) is 5.39. The molecule has 0 fully saturated rings. The highest BCUT2D eigenvalue weighted by Gasteiger charge is 2.12. The van der Waals surface area contributed by atoms with Crippen LogP contribution in [0.5, 0.6) is 5.75 Å². The summed E-state index contributed by atoms with van der Waals surface area (Å²) < 4.78 is 0.537. The van der Waals surface area contributed by atoms with Crippen molar-refractivity contribution in [1.29, 1.82) is 5.26 Å². The fourth-order valence-corrected chi connectivity index (χ4v) is 1.69. The molecule has 16 heavy (non-hydrogen) atoms. The van der Waals surface area contributed by atoms with Gasteiger partial charge < -0.3 is 10.0 Å². The maximum absolute atomic E-state index is 9.66. The predicted molar refractivity (Wildman–Crippen MR) is 67.1 cm³/mol. The number of rotatable bonds is 2. The maximum atomic E-state index is 9.66. The zero-order chi connectivity index (χ0) is 12.3. The highest BCUT2D eigenvalue weighted by atomic mass is 79.9. The van der Waals surface area contributed by atoms with Gasteiger partial charge in [-0.25, -0.2) is 4.99 Å². The van der Waals surface area contributed by atoms with Crippen molar-refractivity contribution < 1.29 is 5.11 Å². The van der Waals surface area contributed by atoms with Crippen LogP contribution in [0, 0.1) is 18.3 Å². The van der Waals surface area contributed by atoms with Crippen LogP contribution in [0.4, 0.5) is 5.69 Å². The summed E-state index contributed by atoms with van der Waals surface area (Å²) in [5.41, 5.74) is 1.46. The molecule has 1 N–H and O–H groups in total. The number of hydrogen-bond acceptors (Lipinski definition) is 3. The van der Waals surface area contributed by atoms with E-state index in [2.05, 4.69) is 20.9 Å². The molecule has 0 bridgehead atoms. The van der Waals surface area contributed by atoms with E-state index in [4.69, 9.17) is 5.26 Å². The van der Waals surface area contributed by atoms with Crippen molar-refractivity contribution in [2.45, 2.75) is 6.92 Å². The molecule has 0 aliphatic heterocycles. The van der Waals surface area contributed by atoms with E-state index in [1.165, 1.54) is 0 Å². The van der Waals surface area contributed by atoms with E-state index in [-0.39, 0.29) is 5.75 Å². The number of aromatic hydroxyl groups is 1. The monoisotopic (exact) mass is 281 g/mol. The lowest BCUT2D eigenvalue weighted by atomic mass is 10.1. The van der Waals surface area contributed by atoms with Gasteiger partial charge in [0.2, 0.25) is 0 Å². The first-order valence-electron chi connectivity index (χ1n) is 4.60. The molecule has 5 heteroatoms. The summed E-state index contributed by atoms with van der Waals surface area (Å²) in [6.45, 7) is 1.69. The number of aliphatic imine (C=N–C) groups is 1. The van der Waals surface area contributed by atoms with Crippen molar-refractivity contribution in [3.63, 3.8) is 0 Å². The smallest absolute Gasteiger partial charge is 0.134 e. The average Bonchev–Trinajstić information content (AvgIpc) is 2.23. The van der Waals surface area contributed by atoms with Crippen molar-refractivity contribution in [3.8, 4) is 11.8 Å². The molecule has 0 atom stereocenters. The van der Waals surface area contributed by atoms with Gasteiger partial charge in [0.25, 0.3) is 0 Å². The zero-order valence-corrected chi connectivity index (χ0v) is 10.9. The maximum Gasteiger partial charge on any atom is 0.134 e. The number of phenolic OH excluding ortho intramolecular Hbond substituents is 1. The van der Waals surface area contributed by atoms with Crippen LogP contribution in [0.15, 0.2) is 15.5 Å². The molecule has 0 aromatic heterocycles. The van der Waals surface area contributed by atoms with E-state index in [0.717, 1.165) is 0 Å². The zero-order valence-electron chi connectivity index (χ0n) is 9.32.